The zero-order valence-electron chi connectivity index (χ0n) is 8.88. The molecule has 2 N–H and O–H groups in total. The Morgan fingerprint density at radius 3 is 2.88 bits per heavy atom. The third-order valence-corrected chi connectivity index (χ3v) is 1.75. The summed E-state index contributed by atoms with van der Waals surface area (Å²) >= 11 is 0. The molecule has 0 atom stereocenters. The summed E-state index contributed by atoms with van der Waals surface area (Å²) in [5, 5.41) is 10.9. The summed E-state index contributed by atoms with van der Waals surface area (Å²) < 4.78 is 13.4. The average molecular weight is 221 g/mol. The highest BCUT2D eigenvalue weighted by Gasteiger charge is 2.03. The van der Waals surface area contributed by atoms with Crippen LogP contribution in [-0.4, -0.2) is 17.6 Å². The van der Waals surface area contributed by atoms with Gasteiger partial charge in [0.2, 0.25) is 5.91 Å². The number of anilines is 1. The van der Waals surface area contributed by atoms with E-state index >= 15 is 0 Å². The van der Waals surface area contributed by atoms with Crippen molar-refractivity contribution in [3.63, 3.8) is 0 Å². The van der Waals surface area contributed by atoms with Crippen molar-refractivity contribution in [3.8, 4) is 11.8 Å². The first-order chi connectivity index (χ1) is 7.63. The number of rotatable bonds is 2. The Labute approximate surface area is 93.3 Å². The fourth-order valence-corrected chi connectivity index (χ4v) is 1.10. The minimum absolute atomic E-state index is 0.0144. The van der Waals surface area contributed by atoms with E-state index in [1.54, 1.807) is 6.07 Å². The largest absolute Gasteiger partial charge is 0.395 e. The molecule has 1 amide bonds. The molecule has 1 rings (SSSR count). The molecule has 0 aromatic heterocycles. The summed E-state index contributed by atoms with van der Waals surface area (Å²) in [6, 6.07) is 4.31. The van der Waals surface area contributed by atoms with Crippen LogP contribution < -0.4 is 5.32 Å². The van der Waals surface area contributed by atoms with Gasteiger partial charge in [-0.1, -0.05) is 11.8 Å². The SMILES string of the molecule is CC(=O)Nc1ccc(C#CCCO)cc1F. The van der Waals surface area contributed by atoms with Crippen LogP contribution in [0.1, 0.15) is 18.9 Å². The highest BCUT2D eigenvalue weighted by atomic mass is 19.1. The van der Waals surface area contributed by atoms with Gasteiger partial charge >= 0.3 is 0 Å². The highest BCUT2D eigenvalue weighted by Crippen LogP contribution is 2.15. The quantitative estimate of drug-likeness (QED) is 0.744. The summed E-state index contributed by atoms with van der Waals surface area (Å²) in [4.78, 5) is 10.7. The van der Waals surface area contributed by atoms with E-state index in [1.165, 1.54) is 19.1 Å². The molecule has 0 unspecified atom stereocenters. The highest BCUT2D eigenvalue weighted by molar-refractivity contribution is 5.88. The van der Waals surface area contributed by atoms with E-state index in [9.17, 15) is 9.18 Å². The van der Waals surface area contributed by atoms with Crippen molar-refractivity contribution in [2.75, 3.05) is 11.9 Å². The van der Waals surface area contributed by atoms with E-state index in [2.05, 4.69) is 17.2 Å². The Kier molecular flexibility index (Phi) is 4.49. The number of benzene rings is 1. The molecule has 0 heterocycles. The van der Waals surface area contributed by atoms with Gasteiger partial charge in [-0.3, -0.25) is 4.79 Å². The molecule has 0 bridgehead atoms. The molecule has 0 radical (unpaired) electrons. The number of halogens is 1. The number of amides is 1. The molecular formula is C12H12FNO2. The number of nitrogens with one attached hydrogen (secondary N) is 1. The van der Waals surface area contributed by atoms with Crippen LogP contribution in [0, 0.1) is 17.7 Å². The van der Waals surface area contributed by atoms with Crippen LogP contribution in [0.15, 0.2) is 18.2 Å². The number of hydrogen-bond acceptors (Lipinski definition) is 2. The molecule has 84 valence electrons. The summed E-state index contributed by atoms with van der Waals surface area (Å²) in [6.45, 7) is 1.30. The molecule has 16 heavy (non-hydrogen) atoms. The average Bonchev–Trinajstić information content (AvgIpc) is 2.22. The van der Waals surface area contributed by atoms with Gasteiger partial charge in [-0.25, -0.2) is 4.39 Å². The molecule has 0 saturated heterocycles. The second-order valence-corrected chi connectivity index (χ2v) is 3.15. The first kappa shape index (κ1) is 12.2. The maximum Gasteiger partial charge on any atom is 0.221 e. The van der Waals surface area contributed by atoms with Gasteiger partial charge in [-0.15, -0.1) is 0 Å². The Balaban J connectivity index is 2.83. The van der Waals surface area contributed by atoms with Gasteiger partial charge in [0.05, 0.1) is 12.3 Å². The van der Waals surface area contributed by atoms with Crippen LogP contribution in [-0.2, 0) is 4.79 Å². The lowest BCUT2D eigenvalue weighted by Crippen LogP contribution is -2.07. The third-order valence-electron chi connectivity index (χ3n) is 1.75. The molecule has 3 nitrogen and oxygen atoms in total. The normalized spacial score (nSPS) is 9.19. The standard InChI is InChI=1S/C12H12FNO2/c1-9(16)14-12-6-5-10(8-11(12)13)4-2-3-7-15/h5-6,8,15H,3,7H2,1H3,(H,14,16). The van der Waals surface area contributed by atoms with Crippen molar-refractivity contribution < 1.29 is 14.3 Å². The number of hydrogen-bond donors (Lipinski definition) is 2. The van der Waals surface area contributed by atoms with Crippen LogP contribution in [0.3, 0.4) is 0 Å². The lowest BCUT2D eigenvalue weighted by Gasteiger charge is -2.03. The van der Waals surface area contributed by atoms with Crippen LogP contribution in [0.2, 0.25) is 0 Å². The molecule has 0 aliphatic heterocycles. The van der Waals surface area contributed by atoms with Crippen molar-refractivity contribution in [2.24, 2.45) is 0 Å². The zero-order valence-corrected chi connectivity index (χ0v) is 8.88. The van der Waals surface area contributed by atoms with Crippen LogP contribution in [0.25, 0.3) is 0 Å². The maximum atomic E-state index is 13.4. The van der Waals surface area contributed by atoms with Crippen molar-refractivity contribution in [1.82, 2.24) is 0 Å². The van der Waals surface area contributed by atoms with Crippen LogP contribution in [0.5, 0.6) is 0 Å². The minimum Gasteiger partial charge on any atom is -0.395 e. The smallest absolute Gasteiger partial charge is 0.221 e. The number of carbonyl (C=O) groups excluding carboxylic acids is 1. The molecule has 0 saturated carbocycles. The van der Waals surface area contributed by atoms with E-state index in [0.717, 1.165) is 0 Å². The number of carbonyl (C=O) groups is 1. The summed E-state index contributed by atoms with van der Waals surface area (Å²) in [6.07, 6.45) is 0.356. The molecule has 1 aromatic carbocycles. The van der Waals surface area contributed by atoms with Crippen molar-refractivity contribution >= 4 is 11.6 Å². The van der Waals surface area contributed by atoms with Crippen molar-refractivity contribution in [2.45, 2.75) is 13.3 Å². The summed E-state index contributed by atoms with van der Waals surface area (Å²) in [7, 11) is 0. The minimum atomic E-state index is -0.522. The predicted octanol–water partition coefficient (Wildman–Crippen LogP) is 1.52. The summed E-state index contributed by atoms with van der Waals surface area (Å²) in [5.41, 5.74) is 0.653. The maximum absolute atomic E-state index is 13.4. The van der Waals surface area contributed by atoms with Crippen LogP contribution in [0.4, 0.5) is 10.1 Å². The molecule has 1 aromatic rings. The molecule has 4 heteroatoms. The second kappa shape index (κ2) is 5.89. The second-order valence-electron chi connectivity index (χ2n) is 3.15. The number of aliphatic hydroxyl groups is 1. The van der Waals surface area contributed by atoms with E-state index in [4.69, 9.17) is 5.11 Å². The topological polar surface area (TPSA) is 49.3 Å². The van der Waals surface area contributed by atoms with E-state index in [-0.39, 0.29) is 18.2 Å². The van der Waals surface area contributed by atoms with Crippen molar-refractivity contribution in [3.05, 3.63) is 29.6 Å². The summed E-state index contributed by atoms with van der Waals surface area (Å²) in [5.74, 6) is 4.55. The lowest BCUT2D eigenvalue weighted by atomic mass is 10.2. The van der Waals surface area contributed by atoms with Crippen LogP contribution >= 0.6 is 0 Å². The Morgan fingerprint density at radius 1 is 1.56 bits per heavy atom. The molecule has 0 aliphatic rings. The molecule has 0 aliphatic carbocycles. The van der Waals surface area contributed by atoms with Gasteiger partial charge in [-0.05, 0) is 18.2 Å². The number of aliphatic hydroxyl groups excluding tert-OH is 1. The van der Waals surface area contributed by atoms with E-state index in [1.807, 2.05) is 0 Å². The molecule has 0 fully saturated rings. The van der Waals surface area contributed by atoms with Crippen molar-refractivity contribution in [1.29, 1.82) is 0 Å². The molecular weight excluding hydrogens is 209 g/mol. The Morgan fingerprint density at radius 2 is 2.31 bits per heavy atom. The van der Waals surface area contributed by atoms with Gasteiger partial charge < -0.3 is 10.4 Å². The lowest BCUT2D eigenvalue weighted by molar-refractivity contribution is -0.114. The van der Waals surface area contributed by atoms with E-state index in [0.29, 0.717) is 12.0 Å². The Hall–Kier alpha value is -1.86. The van der Waals surface area contributed by atoms with E-state index < -0.39 is 5.82 Å². The first-order valence-corrected chi connectivity index (χ1v) is 4.80. The first-order valence-electron chi connectivity index (χ1n) is 4.80. The predicted molar refractivity (Wildman–Crippen MR) is 59.3 cm³/mol. The fraction of sp³-hybridized carbons (Fsp3) is 0.250. The van der Waals surface area contributed by atoms with Gasteiger partial charge in [0, 0.05) is 18.9 Å². The van der Waals surface area contributed by atoms with Gasteiger partial charge in [0.25, 0.3) is 0 Å². The van der Waals surface area contributed by atoms with Gasteiger partial charge in [0.1, 0.15) is 5.82 Å². The zero-order chi connectivity index (χ0) is 12.0. The third kappa shape index (κ3) is 3.71. The van der Waals surface area contributed by atoms with Gasteiger partial charge in [0.15, 0.2) is 0 Å². The molecule has 0 spiro atoms. The van der Waals surface area contributed by atoms with Gasteiger partial charge in [-0.2, -0.15) is 0 Å². The monoisotopic (exact) mass is 221 g/mol. The Bertz CT molecular complexity index is 446. The fourth-order valence-electron chi connectivity index (χ4n) is 1.10.